The van der Waals surface area contributed by atoms with E-state index in [1.807, 2.05) is 12.1 Å². The van der Waals surface area contributed by atoms with Crippen LogP contribution in [0.25, 0.3) is 32.7 Å². The predicted octanol–water partition coefficient (Wildman–Crippen LogP) is 11.6. The molecule has 278 valence electrons. The van der Waals surface area contributed by atoms with E-state index in [0.29, 0.717) is 56.9 Å². The Bertz CT molecular complexity index is 2420. The van der Waals surface area contributed by atoms with Crippen molar-refractivity contribution in [2.75, 3.05) is 0 Å². The Kier molecular flexibility index (Phi) is 10.2. The molecule has 0 heterocycles. The zero-order chi connectivity index (χ0) is 39.1. The van der Waals surface area contributed by atoms with Gasteiger partial charge in [-0.1, -0.05) is 60.7 Å². The number of halogens is 8. The molecule has 0 aliphatic rings. The van der Waals surface area contributed by atoms with E-state index in [-0.39, 0.29) is 32.7 Å². The van der Waals surface area contributed by atoms with Crippen molar-refractivity contribution in [3.05, 3.63) is 192 Å². The summed E-state index contributed by atoms with van der Waals surface area (Å²) in [5.41, 5.74) is 0.754. The second kappa shape index (κ2) is 15.4. The van der Waals surface area contributed by atoms with Crippen molar-refractivity contribution in [1.29, 1.82) is 0 Å². The molecule has 56 heavy (non-hydrogen) atoms. The molecular formula is C44H24F8O2P2. The van der Waals surface area contributed by atoms with Crippen LogP contribution in [0.4, 0.5) is 35.1 Å². The number of rotatable bonds is 9. The van der Waals surface area contributed by atoms with E-state index in [0.717, 1.165) is 48.5 Å². The van der Waals surface area contributed by atoms with Crippen molar-refractivity contribution >= 4 is 59.1 Å². The first-order valence-corrected chi connectivity index (χ1v) is 19.4. The van der Waals surface area contributed by atoms with Gasteiger partial charge in [0.2, 0.25) is 0 Å². The first kappa shape index (κ1) is 37.1. The zero-order valence-corrected chi connectivity index (χ0v) is 30.4. The molecule has 0 saturated carbocycles. The van der Waals surface area contributed by atoms with Crippen LogP contribution in [0.2, 0.25) is 0 Å². The van der Waals surface area contributed by atoms with Crippen molar-refractivity contribution < 1.29 is 44.2 Å². The Balaban J connectivity index is 1.40. The smallest absolute Gasteiger partial charge is 0.151 e. The highest BCUT2D eigenvalue weighted by atomic mass is 31.1. The quantitative estimate of drug-likeness (QED) is 0.107. The summed E-state index contributed by atoms with van der Waals surface area (Å²) in [4.78, 5) is 0. The normalized spacial score (nSPS) is 11.5. The lowest BCUT2D eigenvalue weighted by atomic mass is 9.92. The minimum absolute atomic E-state index is 0.0271. The Morgan fingerprint density at radius 1 is 0.304 bits per heavy atom. The fourth-order valence-corrected chi connectivity index (χ4v) is 10.1. The van der Waals surface area contributed by atoms with E-state index in [2.05, 4.69) is 0 Å². The maximum atomic E-state index is 14.7. The van der Waals surface area contributed by atoms with E-state index in [9.17, 15) is 35.1 Å². The monoisotopic (exact) mass is 798 g/mol. The van der Waals surface area contributed by atoms with Crippen LogP contribution < -0.4 is 30.3 Å². The van der Waals surface area contributed by atoms with Crippen LogP contribution in [-0.2, 0) is 0 Å². The summed E-state index contributed by atoms with van der Waals surface area (Å²) in [6.45, 7) is 0. The van der Waals surface area contributed by atoms with Gasteiger partial charge in [0.1, 0.15) is 58.0 Å². The van der Waals surface area contributed by atoms with Crippen LogP contribution in [0.3, 0.4) is 0 Å². The van der Waals surface area contributed by atoms with Crippen molar-refractivity contribution in [3.63, 3.8) is 0 Å². The molecule has 0 aliphatic heterocycles. The molecule has 0 amide bonds. The molecular weight excluding hydrogens is 774 g/mol. The average Bonchev–Trinajstić information content (AvgIpc) is 3.14. The lowest BCUT2D eigenvalue weighted by Crippen LogP contribution is -2.19. The molecule has 0 N–H and O–H groups in total. The molecule has 8 aromatic carbocycles. The summed E-state index contributed by atoms with van der Waals surface area (Å²) in [6.07, 6.45) is 0. The number of benzene rings is 8. The molecule has 0 aromatic heterocycles. The van der Waals surface area contributed by atoms with E-state index in [1.165, 1.54) is 0 Å². The third-order valence-electron chi connectivity index (χ3n) is 8.74. The third kappa shape index (κ3) is 7.68. The van der Waals surface area contributed by atoms with Crippen LogP contribution in [0.5, 0.6) is 11.5 Å². The Labute approximate surface area is 317 Å². The minimum atomic E-state index is -2.37. The van der Waals surface area contributed by atoms with Gasteiger partial charge in [-0.3, -0.25) is 0 Å². The van der Waals surface area contributed by atoms with Crippen LogP contribution in [0, 0.1) is 46.5 Å². The van der Waals surface area contributed by atoms with Gasteiger partial charge in [0.15, 0.2) is 16.3 Å². The molecule has 2 nitrogen and oxygen atoms in total. The molecule has 0 unspecified atom stereocenters. The van der Waals surface area contributed by atoms with Crippen molar-refractivity contribution in [1.82, 2.24) is 0 Å². The molecule has 0 atom stereocenters. The van der Waals surface area contributed by atoms with Gasteiger partial charge in [-0.25, -0.2) is 35.1 Å². The van der Waals surface area contributed by atoms with Crippen LogP contribution in [0.15, 0.2) is 146 Å². The molecule has 0 aliphatic carbocycles. The number of hydrogen-bond acceptors (Lipinski definition) is 2. The largest absolute Gasteiger partial charge is 0.464 e. The molecule has 0 fully saturated rings. The summed E-state index contributed by atoms with van der Waals surface area (Å²) in [5.74, 6) is -7.27. The highest BCUT2D eigenvalue weighted by Crippen LogP contribution is 2.51. The second-order valence-electron chi connectivity index (χ2n) is 12.6. The first-order valence-electron chi connectivity index (χ1n) is 16.8. The SMILES string of the molecule is Fc1cc(F)cc(P(Oc2ccc3ccccc3c2-c2c(OP(c3cc(F)cc(F)c3)c3cc(F)cc(F)c3)ccc3ccccc23)c2cc(F)cc(F)c2)c1. The standard InChI is InChI=1S/C44H24F8O2P2/c45-27-13-28(46)18-35(17-27)55(36-19-29(47)14-30(48)20-36)53-41-11-9-25-5-1-3-7-39(25)43(41)44-40-8-4-2-6-26(40)10-12-42(44)54-56(37-21-31(49)15-32(50)22-37)38-23-33(51)16-34(52)24-38/h1-24H. The Hall–Kier alpha value is -5.82. The molecule has 8 aromatic rings. The molecule has 0 bridgehead atoms. The zero-order valence-electron chi connectivity index (χ0n) is 28.6. The van der Waals surface area contributed by atoms with Gasteiger partial charge in [-0.2, -0.15) is 0 Å². The fraction of sp³-hybridized carbons (Fsp3) is 0. The minimum Gasteiger partial charge on any atom is -0.464 e. The summed E-state index contributed by atoms with van der Waals surface area (Å²) in [7, 11) is -4.75. The average molecular weight is 799 g/mol. The van der Waals surface area contributed by atoms with E-state index in [4.69, 9.17) is 9.05 Å². The maximum Gasteiger partial charge on any atom is 0.151 e. The van der Waals surface area contributed by atoms with E-state index < -0.39 is 62.8 Å². The maximum absolute atomic E-state index is 14.7. The molecule has 0 radical (unpaired) electrons. The fourth-order valence-electron chi connectivity index (χ4n) is 6.50. The van der Waals surface area contributed by atoms with Gasteiger partial charge in [-0.05, 0) is 82.2 Å². The molecule has 8 rings (SSSR count). The Morgan fingerprint density at radius 3 is 0.857 bits per heavy atom. The lowest BCUT2D eigenvalue weighted by Gasteiger charge is -2.26. The van der Waals surface area contributed by atoms with Crippen LogP contribution in [0.1, 0.15) is 0 Å². The van der Waals surface area contributed by atoms with Gasteiger partial charge in [0, 0.05) is 56.6 Å². The summed E-state index contributed by atoms with van der Waals surface area (Å²) in [6, 6.07) is 31.9. The van der Waals surface area contributed by atoms with Gasteiger partial charge in [-0.15, -0.1) is 0 Å². The van der Waals surface area contributed by atoms with Crippen molar-refractivity contribution in [3.8, 4) is 22.6 Å². The third-order valence-corrected chi connectivity index (χ3v) is 12.4. The lowest BCUT2D eigenvalue weighted by molar-refractivity contribution is 0.581. The van der Waals surface area contributed by atoms with Gasteiger partial charge >= 0.3 is 0 Å². The summed E-state index contributed by atoms with van der Waals surface area (Å²) < 4.78 is 131. The van der Waals surface area contributed by atoms with Gasteiger partial charge < -0.3 is 9.05 Å². The van der Waals surface area contributed by atoms with E-state index in [1.54, 1.807) is 60.7 Å². The topological polar surface area (TPSA) is 18.5 Å². The van der Waals surface area contributed by atoms with Gasteiger partial charge in [0.25, 0.3) is 0 Å². The Morgan fingerprint density at radius 2 is 0.571 bits per heavy atom. The number of hydrogen-bond donors (Lipinski definition) is 0. The van der Waals surface area contributed by atoms with Crippen molar-refractivity contribution in [2.24, 2.45) is 0 Å². The predicted molar refractivity (Wildman–Crippen MR) is 206 cm³/mol. The first-order chi connectivity index (χ1) is 27.0. The van der Waals surface area contributed by atoms with Gasteiger partial charge in [0.05, 0.1) is 0 Å². The molecule has 0 spiro atoms. The highest BCUT2D eigenvalue weighted by Gasteiger charge is 2.28. The molecule has 0 saturated heterocycles. The van der Waals surface area contributed by atoms with Crippen LogP contribution in [-0.4, -0.2) is 0 Å². The summed E-state index contributed by atoms with van der Waals surface area (Å²) >= 11 is 0. The van der Waals surface area contributed by atoms with E-state index >= 15 is 0 Å². The second-order valence-corrected chi connectivity index (χ2v) is 16.2. The highest BCUT2D eigenvalue weighted by molar-refractivity contribution is 7.69. The van der Waals surface area contributed by atoms with Crippen molar-refractivity contribution in [2.45, 2.75) is 0 Å². The number of fused-ring (bicyclic) bond motifs is 2. The summed E-state index contributed by atoms with van der Waals surface area (Å²) in [5, 5.41) is 2.51. The molecule has 12 heteroatoms. The van der Waals surface area contributed by atoms with Crippen LogP contribution >= 0.6 is 16.3 Å².